The van der Waals surface area contributed by atoms with E-state index in [0.29, 0.717) is 18.3 Å². The van der Waals surface area contributed by atoms with Crippen molar-refractivity contribution in [3.63, 3.8) is 0 Å². The van der Waals surface area contributed by atoms with Crippen LogP contribution in [0.2, 0.25) is 0 Å². The SMILES string of the molecule is CSC1CCC(NS(=O)(=O)N2CCNCC2)CC1. The van der Waals surface area contributed by atoms with E-state index >= 15 is 0 Å². The Balaban J connectivity index is 1.84. The molecule has 0 aromatic heterocycles. The van der Waals surface area contributed by atoms with Crippen LogP contribution in [0.1, 0.15) is 25.7 Å². The van der Waals surface area contributed by atoms with E-state index in [0.717, 1.165) is 38.8 Å². The number of rotatable bonds is 4. The molecule has 0 unspecified atom stereocenters. The van der Waals surface area contributed by atoms with Crippen molar-refractivity contribution in [2.24, 2.45) is 0 Å². The zero-order chi connectivity index (χ0) is 13.0. The van der Waals surface area contributed by atoms with Crippen LogP contribution in [0.15, 0.2) is 0 Å². The highest BCUT2D eigenvalue weighted by Gasteiger charge is 2.28. The summed E-state index contributed by atoms with van der Waals surface area (Å²) in [5.74, 6) is 0. The normalized spacial score (nSPS) is 31.4. The Labute approximate surface area is 114 Å². The first-order chi connectivity index (χ1) is 8.62. The van der Waals surface area contributed by atoms with Crippen LogP contribution in [0.25, 0.3) is 0 Å². The van der Waals surface area contributed by atoms with Crippen molar-refractivity contribution in [3.8, 4) is 0 Å². The molecule has 0 aromatic rings. The molecule has 1 saturated carbocycles. The summed E-state index contributed by atoms with van der Waals surface area (Å²) in [4.78, 5) is 0. The van der Waals surface area contributed by atoms with E-state index in [4.69, 9.17) is 0 Å². The van der Waals surface area contributed by atoms with E-state index < -0.39 is 10.2 Å². The molecule has 1 saturated heterocycles. The molecule has 1 aliphatic carbocycles. The number of thioether (sulfide) groups is 1. The summed E-state index contributed by atoms with van der Waals surface area (Å²) in [5, 5.41) is 3.88. The van der Waals surface area contributed by atoms with Gasteiger partial charge in [-0.3, -0.25) is 0 Å². The zero-order valence-electron chi connectivity index (χ0n) is 10.9. The van der Waals surface area contributed by atoms with Gasteiger partial charge in [-0.25, -0.2) is 0 Å². The average molecular weight is 293 g/mol. The summed E-state index contributed by atoms with van der Waals surface area (Å²) in [6.45, 7) is 2.66. The van der Waals surface area contributed by atoms with Crippen LogP contribution in [0.3, 0.4) is 0 Å². The summed E-state index contributed by atoms with van der Waals surface area (Å²) in [5.41, 5.74) is 0. The molecule has 2 rings (SSSR count). The van der Waals surface area contributed by atoms with Crippen molar-refractivity contribution in [2.75, 3.05) is 32.4 Å². The maximum atomic E-state index is 12.2. The van der Waals surface area contributed by atoms with E-state index in [2.05, 4.69) is 16.3 Å². The van der Waals surface area contributed by atoms with Crippen molar-refractivity contribution in [2.45, 2.75) is 37.0 Å². The summed E-state index contributed by atoms with van der Waals surface area (Å²) >= 11 is 1.90. The Hall–Kier alpha value is 0.180. The fourth-order valence-electron chi connectivity index (χ4n) is 2.59. The van der Waals surface area contributed by atoms with Crippen molar-refractivity contribution >= 4 is 22.0 Å². The lowest BCUT2D eigenvalue weighted by Crippen LogP contribution is -2.52. The molecule has 5 nitrogen and oxygen atoms in total. The molecule has 1 aliphatic heterocycles. The summed E-state index contributed by atoms with van der Waals surface area (Å²) < 4.78 is 28.8. The van der Waals surface area contributed by atoms with Gasteiger partial charge in [0.1, 0.15) is 0 Å². The van der Waals surface area contributed by atoms with Gasteiger partial charge in [0.25, 0.3) is 10.2 Å². The molecular formula is C11H23N3O2S2. The van der Waals surface area contributed by atoms with Gasteiger partial charge in [-0.05, 0) is 31.9 Å². The maximum absolute atomic E-state index is 12.2. The van der Waals surface area contributed by atoms with Gasteiger partial charge in [-0.15, -0.1) is 0 Å². The first kappa shape index (κ1) is 14.6. The van der Waals surface area contributed by atoms with Crippen molar-refractivity contribution in [1.29, 1.82) is 0 Å². The van der Waals surface area contributed by atoms with E-state index in [-0.39, 0.29) is 6.04 Å². The zero-order valence-corrected chi connectivity index (χ0v) is 12.5. The van der Waals surface area contributed by atoms with Gasteiger partial charge in [0.05, 0.1) is 0 Å². The van der Waals surface area contributed by atoms with Gasteiger partial charge in [0.15, 0.2) is 0 Å². The van der Waals surface area contributed by atoms with Gasteiger partial charge in [-0.2, -0.15) is 29.2 Å². The quantitative estimate of drug-likeness (QED) is 0.788. The molecule has 18 heavy (non-hydrogen) atoms. The van der Waals surface area contributed by atoms with Crippen LogP contribution < -0.4 is 10.0 Å². The topological polar surface area (TPSA) is 61.4 Å². The minimum Gasteiger partial charge on any atom is -0.314 e. The van der Waals surface area contributed by atoms with E-state index in [1.165, 1.54) is 0 Å². The molecular weight excluding hydrogens is 270 g/mol. The Morgan fingerprint density at radius 2 is 1.78 bits per heavy atom. The molecule has 106 valence electrons. The fourth-order valence-corrected chi connectivity index (χ4v) is 4.80. The third kappa shape index (κ3) is 3.84. The van der Waals surface area contributed by atoms with E-state index in [9.17, 15) is 8.42 Å². The number of hydrogen-bond donors (Lipinski definition) is 2. The summed E-state index contributed by atoms with van der Waals surface area (Å²) in [6, 6.07) is 0.133. The molecule has 0 spiro atoms. The predicted octanol–water partition coefficient (Wildman–Crippen LogP) is 0.400. The van der Waals surface area contributed by atoms with Crippen LogP contribution in [0.5, 0.6) is 0 Å². The molecule has 0 amide bonds. The minimum absolute atomic E-state index is 0.133. The summed E-state index contributed by atoms with van der Waals surface area (Å²) in [7, 11) is -3.27. The summed E-state index contributed by atoms with van der Waals surface area (Å²) in [6.07, 6.45) is 6.31. The van der Waals surface area contributed by atoms with Crippen LogP contribution >= 0.6 is 11.8 Å². The van der Waals surface area contributed by atoms with E-state index in [1.807, 2.05) is 11.8 Å². The lowest BCUT2D eigenvalue weighted by Gasteiger charge is -2.32. The molecule has 0 atom stereocenters. The first-order valence-corrected chi connectivity index (χ1v) is 9.35. The first-order valence-electron chi connectivity index (χ1n) is 6.63. The monoisotopic (exact) mass is 293 g/mol. The Morgan fingerprint density at radius 3 is 2.33 bits per heavy atom. The standard InChI is InChI=1S/C11H23N3O2S2/c1-17-11-4-2-10(3-5-11)13-18(15,16)14-8-6-12-7-9-14/h10-13H,2-9H2,1H3. The van der Waals surface area contributed by atoms with Crippen LogP contribution in [0, 0.1) is 0 Å². The highest BCUT2D eigenvalue weighted by Crippen LogP contribution is 2.27. The second kappa shape index (κ2) is 6.56. The fraction of sp³-hybridized carbons (Fsp3) is 1.00. The van der Waals surface area contributed by atoms with Crippen molar-refractivity contribution in [1.82, 2.24) is 14.3 Å². The lowest BCUT2D eigenvalue weighted by molar-refractivity contribution is 0.342. The smallest absolute Gasteiger partial charge is 0.279 e. The Morgan fingerprint density at radius 1 is 1.17 bits per heavy atom. The van der Waals surface area contributed by atoms with Crippen LogP contribution in [0.4, 0.5) is 0 Å². The third-order valence-corrected chi connectivity index (χ3v) is 6.55. The molecule has 0 bridgehead atoms. The second-order valence-corrected chi connectivity index (χ2v) is 7.82. The molecule has 2 fully saturated rings. The average Bonchev–Trinajstić information content (AvgIpc) is 2.40. The highest BCUT2D eigenvalue weighted by atomic mass is 32.2. The van der Waals surface area contributed by atoms with Gasteiger partial charge in [0, 0.05) is 37.5 Å². The Kier molecular flexibility index (Phi) is 5.32. The highest BCUT2D eigenvalue weighted by molar-refractivity contribution is 7.99. The van der Waals surface area contributed by atoms with Crippen molar-refractivity contribution in [3.05, 3.63) is 0 Å². The van der Waals surface area contributed by atoms with Gasteiger partial charge in [0.2, 0.25) is 0 Å². The molecule has 2 N–H and O–H groups in total. The van der Waals surface area contributed by atoms with Gasteiger partial charge >= 0.3 is 0 Å². The van der Waals surface area contributed by atoms with Crippen molar-refractivity contribution < 1.29 is 8.42 Å². The predicted molar refractivity (Wildman–Crippen MR) is 76.1 cm³/mol. The largest absolute Gasteiger partial charge is 0.314 e. The Bertz CT molecular complexity index is 347. The van der Waals surface area contributed by atoms with E-state index in [1.54, 1.807) is 4.31 Å². The van der Waals surface area contributed by atoms with Gasteiger partial charge in [-0.1, -0.05) is 0 Å². The maximum Gasteiger partial charge on any atom is 0.279 e. The molecule has 1 heterocycles. The second-order valence-electron chi connectivity index (χ2n) is 4.98. The molecule has 2 aliphatic rings. The molecule has 7 heteroatoms. The van der Waals surface area contributed by atoms with Gasteiger partial charge < -0.3 is 5.32 Å². The minimum atomic E-state index is -3.27. The molecule has 0 radical (unpaired) electrons. The number of nitrogens with one attached hydrogen (secondary N) is 2. The number of piperazine rings is 1. The number of hydrogen-bond acceptors (Lipinski definition) is 4. The van der Waals surface area contributed by atoms with Crippen LogP contribution in [-0.2, 0) is 10.2 Å². The third-order valence-electron chi connectivity index (χ3n) is 3.74. The van der Waals surface area contributed by atoms with Crippen LogP contribution in [-0.4, -0.2) is 56.4 Å². The lowest BCUT2D eigenvalue weighted by atomic mass is 9.96. The molecule has 0 aromatic carbocycles. The number of nitrogens with zero attached hydrogens (tertiary/aromatic N) is 1.